The largest absolute Gasteiger partial charge is 0.471 e. The van der Waals surface area contributed by atoms with E-state index in [1.807, 2.05) is 6.07 Å². The van der Waals surface area contributed by atoms with E-state index in [1.54, 1.807) is 54.7 Å². The van der Waals surface area contributed by atoms with E-state index in [0.717, 1.165) is 0 Å². The van der Waals surface area contributed by atoms with Crippen molar-refractivity contribution in [1.29, 1.82) is 0 Å². The first-order valence-corrected chi connectivity index (χ1v) is 7.41. The number of pyridine rings is 1. The zero-order valence-electron chi connectivity index (χ0n) is 12.8. The number of halogens is 1. The predicted octanol–water partition coefficient (Wildman–Crippen LogP) is 4.05. The second-order valence-corrected chi connectivity index (χ2v) is 5.09. The molecule has 0 aliphatic carbocycles. The summed E-state index contributed by atoms with van der Waals surface area (Å²) in [5.74, 6) is -0.292. The fourth-order valence-electron chi connectivity index (χ4n) is 2.16. The molecule has 0 fully saturated rings. The summed E-state index contributed by atoms with van der Waals surface area (Å²) in [7, 11) is 0. The summed E-state index contributed by atoms with van der Waals surface area (Å²) in [6.07, 6.45) is 1.57. The molecule has 2 aromatic carbocycles. The molecule has 0 saturated heterocycles. The summed E-state index contributed by atoms with van der Waals surface area (Å²) in [6, 6.07) is 18.4. The number of anilines is 1. The highest BCUT2D eigenvalue weighted by atomic mass is 19.1. The lowest BCUT2D eigenvalue weighted by Crippen LogP contribution is -2.13. The van der Waals surface area contributed by atoms with Gasteiger partial charge in [-0.1, -0.05) is 30.3 Å². The maximum Gasteiger partial charge on any atom is 0.255 e. The molecule has 0 spiro atoms. The summed E-state index contributed by atoms with van der Waals surface area (Å²) in [5.41, 5.74) is 1.68. The van der Waals surface area contributed by atoms with E-state index < -0.39 is 0 Å². The molecular weight excluding hydrogens is 307 g/mol. The molecule has 0 atom stereocenters. The minimum absolute atomic E-state index is 0.156. The lowest BCUT2D eigenvalue weighted by Gasteiger charge is -2.11. The molecule has 4 nitrogen and oxygen atoms in total. The maximum atomic E-state index is 13.2. The van der Waals surface area contributed by atoms with Crippen molar-refractivity contribution >= 4 is 11.6 Å². The fourth-order valence-corrected chi connectivity index (χ4v) is 2.16. The number of nitrogens with zero attached hydrogens (tertiary/aromatic N) is 1. The molecule has 1 N–H and O–H groups in total. The molecule has 0 aliphatic heterocycles. The van der Waals surface area contributed by atoms with E-state index in [4.69, 9.17) is 4.74 Å². The standard InChI is InChI=1S/C19H15FN2O2/c20-16-9-4-6-14(12-16)13-24-19-17(10-5-11-21-19)22-18(23)15-7-2-1-3-8-15/h1-12H,13H2,(H,22,23). The Hall–Kier alpha value is -3.21. The van der Waals surface area contributed by atoms with E-state index in [1.165, 1.54) is 12.1 Å². The van der Waals surface area contributed by atoms with Crippen LogP contribution in [0.5, 0.6) is 5.88 Å². The number of ether oxygens (including phenoxy) is 1. The van der Waals surface area contributed by atoms with Crippen LogP contribution in [0, 0.1) is 5.82 Å². The van der Waals surface area contributed by atoms with Crippen LogP contribution in [0.3, 0.4) is 0 Å². The lowest BCUT2D eigenvalue weighted by atomic mass is 10.2. The Labute approximate surface area is 138 Å². The lowest BCUT2D eigenvalue weighted by molar-refractivity contribution is 0.102. The quantitative estimate of drug-likeness (QED) is 0.771. The second-order valence-electron chi connectivity index (χ2n) is 5.09. The SMILES string of the molecule is O=C(Nc1cccnc1OCc1cccc(F)c1)c1ccccc1. The molecule has 0 unspecified atom stereocenters. The van der Waals surface area contributed by atoms with Crippen LogP contribution in [0.1, 0.15) is 15.9 Å². The first kappa shape index (κ1) is 15.7. The zero-order valence-corrected chi connectivity index (χ0v) is 12.8. The van der Waals surface area contributed by atoms with E-state index in [2.05, 4.69) is 10.3 Å². The number of amides is 1. The van der Waals surface area contributed by atoms with Gasteiger partial charge in [-0.2, -0.15) is 0 Å². The van der Waals surface area contributed by atoms with Gasteiger partial charge < -0.3 is 10.1 Å². The van der Waals surface area contributed by atoms with Crippen LogP contribution >= 0.6 is 0 Å². The van der Waals surface area contributed by atoms with Crippen LogP contribution in [0.25, 0.3) is 0 Å². The van der Waals surface area contributed by atoms with Gasteiger partial charge in [-0.05, 0) is 42.0 Å². The van der Waals surface area contributed by atoms with Gasteiger partial charge in [0.1, 0.15) is 18.1 Å². The van der Waals surface area contributed by atoms with Crippen molar-refractivity contribution in [3.63, 3.8) is 0 Å². The Kier molecular flexibility index (Phi) is 4.81. The van der Waals surface area contributed by atoms with Gasteiger partial charge in [-0.25, -0.2) is 9.37 Å². The Balaban J connectivity index is 1.72. The summed E-state index contributed by atoms with van der Waals surface area (Å²) in [4.78, 5) is 16.4. The Morgan fingerprint density at radius 1 is 1.04 bits per heavy atom. The van der Waals surface area contributed by atoms with Gasteiger partial charge in [0.25, 0.3) is 5.91 Å². The third-order valence-electron chi connectivity index (χ3n) is 3.32. The zero-order chi connectivity index (χ0) is 16.8. The number of benzene rings is 2. The molecule has 1 aromatic heterocycles. The van der Waals surface area contributed by atoms with Gasteiger partial charge in [-0.3, -0.25) is 4.79 Å². The Morgan fingerprint density at radius 2 is 1.88 bits per heavy atom. The highest BCUT2D eigenvalue weighted by molar-refractivity contribution is 6.04. The van der Waals surface area contributed by atoms with Crippen molar-refractivity contribution < 1.29 is 13.9 Å². The molecule has 3 rings (SSSR count). The number of rotatable bonds is 5. The van der Waals surface area contributed by atoms with Crippen molar-refractivity contribution in [2.24, 2.45) is 0 Å². The normalized spacial score (nSPS) is 10.2. The monoisotopic (exact) mass is 322 g/mol. The average molecular weight is 322 g/mol. The molecule has 0 aliphatic rings. The van der Waals surface area contributed by atoms with Crippen LogP contribution in [0.4, 0.5) is 10.1 Å². The molecule has 0 bridgehead atoms. The van der Waals surface area contributed by atoms with Gasteiger partial charge in [0, 0.05) is 11.8 Å². The van der Waals surface area contributed by atoms with Crippen LogP contribution in [0.15, 0.2) is 72.9 Å². The molecule has 0 saturated carbocycles. The summed E-state index contributed by atoms with van der Waals surface area (Å²) in [5, 5.41) is 2.77. The number of hydrogen-bond donors (Lipinski definition) is 1. The van der Waals surface area contributed by atoms with Crippen molar-refractivity contribution in [1.82, 2.24) is 4.98 Å². The molecule has 1 amide bonds. The first-order chi connectivity index (χ1) is 11.7. The molecule has 1 heterocycles. The minimum Gasteiger partial charge on any atom is -0.471 e. The van der Waals surface area contributed by atoms with Crippen molar-refractivity contribution in [2.45, 2.75) is 6.61 Å². The van der Waals surface area contributed by atoms with Crippen LogP contribution in [0.2, 0.25) is 0 Å². The van der Waals surface area contributed by atoms with Crippen molar-refractivity contribution in [3.05, 3.63) is 89.9 Å². The molecule has 24 heavy (non-hydrogen) atoms. The van der Waals surface area contributed by atoms with Crippen molar-refractivity contribution in [2.75, 3.05) is 5.32 Å². The summed E-state index contributed by atoms with van der Waals surface area (Å²) >= 11 is 0. The number of carbonyl (C=O) groups excluding carboxylic acids is 1. The van der Waals surface area contributed by atoms with Gasteiger partial charge in [0.2, 0.25) is 5.88 Å². The first-order valence-electron chi connectivity index (χ1n) is 7.41. The Morgan fingerprint density at radius 3 is 2.67 bits per heavy atom. The number of nitrogens with one attached hydrogen (secondary N) is 1. The van der Waals surface area contributed by atoms with E-state index in [0.29, 0.717) is 16.8 Å². The minimum atomic E-state index is -0.324. The van der Waals surface area contributed by atoms with Gasteiger partial charge in [0.05, 0.1) is 0 Å². The fraction of sp³-hybridized carbons (Fsp3) is 0.0526. The van der Waals surface area contributed by atoms with E-state index in [-0.39, 0.29) is 24.2 Å². The van der Waals surface area contributed by atoms with Crippen LogP contribution in [-0.2, 0) is 6.61 Å². The molecule has 3 aromatic rings. The number of hydrogen-bond acceptors (Lipinski definition) is 3. The van der Waals surface area contributed by atoms with Gasteiger partial charge in [0.15, 0.2) is 0 Å². The van der Waals surface area contributed by atoms with Crippen LogP contribution < -0.4 is 10.1 Å². The van der Waals surface area contributed by atoms with Crippen LogP contribution in [-0.4, -0.2) is 10.9 Å². The third-order valence-corrected chi connectivity index (χ3v) is 3.32. The summed E-state index contributed by atoms with van der Waals surface area (Å²) < 4.78 is 18.8. The molecular formula is C19H15FN2O2. The molecule has 120 valence electrons. The van der Waals surface area contributed by atoms with E-state index >= 15 is 0 Å². The third kappa shape index (κ3) is 3.95. The highest BCUT2D eigenvalue weighted by Crippen LogP contribution is 2.22. The molecule has 0 radical (unpaired) electrons. The second kappa shape index (κ2) is 7.37. The average Bonchev–Trinajstić information content (AvgIpc) is 2.62. The van der Waals surface area contributed by atoms with Gasteiger partial charge >= 0.3 is 0 Å². The maximum absolute atomic E-state index is 13.2. The highest BCUT2D eigenvalue weighted by Gasteiger charge is 2.10. The van der Waals surface area contributed by atoms with Crippen molar-refractivity contribution in [3.8, 4) is 5.88 Å². The topological polar surface area (TPSA) is 51.2 Å². The Bertz CT molecular complexity index is 838. The molecule has 5 heteroatoms. The summed E-state index contributed by atoms with van der Waals surface area (Å²) in [6.45, 7) is 0.156. The van der Waals surface area contributed by atoms with E-state index in [9.17, 15) is 9.18 Å². The van der Waals surface area contributed by atoms with Gasteiger partial charge in [-0.15, -0.1) is 0 Å². The number of carbonyl (C=O) groups is 1. The smallest absolute Gasteiger partial charge is 0.255 e. The number of aromatic nitrogens is 1. The predicted molar refractivity (Wildman–Crippen MR) is 89.4 cm³/mol.